The molecular formula is C5H10N2O4. The Bertz CT molecular complexity index is 177. The van der Waals surface area contributed by atoms with Crippen LogP contribution in [0, 0.1) is 0 Å². The number of primary amides is 1. The first-order valence-corrected chi connectivity index (χ1v) is 2.89. The molecule has 0 aromatic heterocycles. The molecule has 0 aromatic rings. The van der Waals surface area contributed by atoms with Gasteiger partial charge in [-0.3, -0.25) is 15.3 Å². The number of carboxylic acids is 1. The first kappa shape index (κ1) is 9.86. The van der Waals surface area contributed by atoms with Crippen molar-refractivity contribution < 1.29 is 19.8 Å². The minimum absolute atomic E-state index is 0.377. The third kappa shape index (κ3) is 3.54. The molecule has 0 aliphatic rings. The molecule has 6 heteroatoms. The van der Waals surface area contributed by atoms with Crippen molar-refractivity contribution in [3.05, 3.63) is 0 Å². The van der Waals surface area contributed by atoms with Crippen LogP contribution in [0.25, 0.3) is 0 Å². The van der Waals surface area contributed by atoms with Gasteiger partial charge in [0.1, 0.15) is 0 Å². The van der Waals surface area contributed by atoms with Gasteiger partial charge in [0.2, 0.25) is 0 Å². The van der Waals surface area contributed by atoms with Crippen molar-refractivity contribution in [1.82, 2.24) is 0 Å². The van der Waals surface area contributed by atoms with Crippen molar-refractivity contribution in [3.63, 3.8) is 0 Å². The van der Waals surface area contributed by atoms with Crippen molar-refractivity contribution in [1.29, 1.82) is 0 Å². The molecule has 6 N–H and O–H groups in total. The Morgan fingerprint density at radius 1 is 1.45 bits per heavy atom. The highest BCUT2D eigenvalue weighted by Gasteiger charge is 2.28. The molecule has 11 heavy (non-hydrogen) atoms. The van der Waals surface area contributed by atoms with Crippen LogP contribution in [0.1, 0.15) is 12.8 Å². The number of aliphatic carboxylic acids is 1. The molecule has 1 atom stereocenters. The third-order valence-electron chi connectivity index (χ3n) is 1.15. The Labute approximate surface area is 62.8 Å². The quantitative estimate of drug-likeness (QED) is 0.355. The Hall–Kier alpha value is -1.14. The van der Waals surface area contributed by atoms with Crippen LogP contribution >= 0.6 is 0 Å². The summed E-state index contributed by atoms with van der Waals surface area (Å²) in [6, 6.07) is 0. The molecule has 0 heterocycles. The summed E-state index contributed by atoms with van der Waals surface area (Å²) < 4.78 is 0. The fourth-order valence-electron chi connectivity index (χ4n) is 0.421. The molecule has 0 saturated heterocycles. The number of hydrogen-bond donors (Lipinski definition) is 4. The molecular weight excluding hydrogens is 152 g/mol. The van der Waals surface area contributed by atoms with Gasteiger partial charge in [-0.2, -0.15) is 0 Å². The fraction of sp³-hybridized carbons (Fsp3) is 0.600. The van der Waals surface area contributed by atoms with E-state index in [0.29, 0.717) is 0 Å². The van der Waals surface area contributed by atoms with Crippen molar-refractivity contribution >= 4 is 11.9 Å². The Morgan fingerprint density at radius 3 is 2.18 bits per heavy atom. The lowest BCUT2D eigenvalue weighted by Gasteiger charge is -2.16. The maximum Gasteiger partial charge on any atom is 0.303 e. The zero-order chi connectivity index (χ0) is 9.07. The molecule has 0 saturated carbocycles. The Morgan fingerprint density at radius 2 is 1.91 bits per heavy atom. The van der Waals surface area contributed by atoms with Crippen LogP contribution in [0.4, 0.5) is 0 Å². The van der Waals surface area contributed by atoms with Crippen LogP contribution < -0.4 is 11.5 Å². The summed E-state index contributed by atoms with van der Waals surface area (Å²) >= 11 is 0. The van der Waals surface area contributed by atoms with Gasteiger partial charge in [-0.25, -0.2) is 0 Å². The number of carbonyl (C=O) groups is 2. The van der Waals surface area contributed by atoms with Gasteiger partial charge in [0.05, 0.1) is 0 Å². The molecule has 0 spiro atoms. The van der Waals surface area contributed by atoms with E-state index in [2.05, 4.69) is 5.73 Å². The fourth-order valence-corrected chi connectivity index (χ4v) is 0.421. The number of aliphatic hydroxyl groups is 1. The van der Waals surface area contributed by atoms with E-state index in [4.69, 9.17) is 15.9 Å². The zero-order valence-electron chi connectivity index (χ0n) is 5.78. The van der Waals surface area contributed by atoms with Crippen molar-refractivity contribution in [3.8, 4) is 0 Å². The van der Waals surface area contributed by atoms with E-state index in [0.717, 1.165) is 0 Å². The normalized spacial score (nSPS) is 15.5. The highest BCUT2D eigenvalue weighted by molar-refractivity contribution is 5.82. The molecule has 64 valence electrons. The van der Waals surface area contributed by atoms with Crippen LogP contribution in [-0.4, -0.2) is 27.8 Å². The SMILES string of the molecule is NC(=O)[C@](N)(O)CCC(=O)O. The van der Waals surface area contributed by atoms with E-state index in [-0.39, 0.29) is 6.42 Å². The second kappa shape index (κ2) is 3.31. The largest absolute Gasteiger partial charge is 0.481 e. The first-order valence-electron chi connectivity index (χ1n) is 2.89. The summed E-state index contributed by atoms with van der Waals surface area (Å²) in [7, 11) is 0. The van der Waals surface area contributed by atoms with Crippen molar-refractivity contribution in [2.24, 2.45) is 11.5 Å². The minimum atomic E-state index is -2.21. The molecule has 6 nitrogen and oxygen atoms in total. The van der Waals surface area contributed by atoms with Gasteiger partial charge in [0.25, 0.3) is 5.91 Å². The number of hydrogen-bond acceptors (Lipinski definition) is 4. The van der Waals surface area contributed by atoms with E-state index in [9.17, 15) is 9.59 Å². The standard InChI is InChI=1S/C5H10N2O4/c6-4(10)5(7,11)2-1-3(8)9/h11H,1-2,7H2,(H2,6,10)(H,8,9)/t5-/m1/s1. The summed E-state index contributed by atoms with van der Waals surface area (Å²) in [6.45, 7) is 0. The Balaban J connectivity index is 3.92. The summed E-state index contributed by atoms with van der Waals surface area (Å²) in [5.74, 6) is -2.27. The molecule has 0 aliphatic carbocycles. The van der Waals surface area contributed by atoms with E-state index in [1.165, 1.54) is 0 Å². The lowest BCUT2D eigenvalue weighted by molar-refractivity contribution is -0.142. The molecule has 0 aromatic carbocycles. The first-order chi connectivity index (χ1) is 4.86. The number of carboxylic acid groups (broad SMARTS) is 1. The molecule has 0 bridgehead atoms. The van der Waals surface area contributed by atoms with Gasteiger partial charge >= 0.3 is 5.97 Å². The van der Waals surface area contributed by atoms with E-state index >= 15 is 0 Å². The number of amides is 1. The third-order valence-corrected chi connectivity index (χ3v) is 1.15. The second-order valence-electron chi connectivity index (χ2n) is 2.18. The van der Waals surface area contributed by atoms with E-state index in [1.807, 2.05) is 0 Å². The summed E-state index contributed by atoms with van der Waals surface area (Å²) in [5.41, 5.74) is 7.37. The van der Waals surface area contributed by atoms with Gasteiger partial charge in [-0.05, 0) is 0 Å². The number of carbonyl (C=O) groups excluding carboxylic acids is 1. The molecule has 0 aliphatic heterocycles. The maximum atomic E-state index is 10.3. The van der Waals surface area contributed by atoms with Crippen LogP contribution in [0.15, 0.2) is 0 Å². The number of nitrogens with two attached hydrogens (primary N) is 2. The molecule has 0 radical (unpaired) electrons. The molecule has 0 unspecified atom stereocenters. The van der Waals surface area contributed by atoms with Crippen LogP contribution in [0.2, 0.25) is 0 Å². The highest BCUT2D eigenvalue weighted by Crippen LogP contribution is 2.03. The number of rotatable bonds is 4. The van der Waals surface area contributed by atoms with E-state index in [1.54, 1.807) is 0 Å². The molecule has 1 amide bonds. The average molecular weight is 162 g/mol. The van der Waals surface area contributed by atoms with Gasteiger partial charge in [-0.1, -0.05) is 0 Å². The van der Waals surface area contributed by atoms with Gasteiger partial charge in [-0.15, -0.1) is 0 Å². The lowest BCUT2D eigenvalue weighted by Crippen LogP contribution is -2.52. The summed E-state index contributed by atoms with van der Waals surface area (Å²) in [6.07, 6.45) is -0.770. The monoisotopic (exact) mass is 162 g/mol. The predicted octanol–water partition coefficient (Wildman–Crippen LogP) is -2.02. The van der Waals surface area contributed by atoms with Crippen LogP contribution in [-0.2, 0) is 9.59 Å². The molecule has 0 rings (SSSR count). The second-order valence-corrected chi connectivity index (χ2v) is 2.18. The Kier molecular flexibility index (Phi) is 2.97. The minimum Gasteiger partial charge on any atom is -0.481 e. The van der Waals surface area contributed by atoms with Gasteiger partial charge in [0, 0.05) is 12.8 Å². The summed E-state index contributed by atoms with van der Waals surface area (Å²) in [4.78, 5) is 20.2. The smallest absolute Gasteiger partial charge is 0.303 e. The van der Waals surface area contributed by atoms with Crippen molar-refractivity contribution in [2.75, 3.05) is 0 Å². The van der Waals surface area contributed by atoms with Crippen LogP contribution in [0.5, 0.6) is 0 Å². The highest BCUT2D eigenvalue weighted by atomic mass is 16.4. The maximum absolute atomic E-state index is 10.3. The van der Waals surface area contributed by atoms with E-state index < -0.39 is 24.0 Å². The lowest BCUT2D eigenvalue weighted by atomic mass is 10.1. The zero-order valence-corrected chi connectivity index (χ0v) is 5.78. The average Bonchev–Trinajstić information content (AvgIpc) is 1.84. The topological polar surface area (TPSA) is 127 Å². The van der Waals surface area contributed by atoms with Gasteiger partial charge in [0.15, 0.2) is 5.72 Å². The summed E-state index contributed by atoms with van der Waals surface area (Å²) in [5, 5.41) is 17.0. The predicted molar refractivity (Wildman–Crippen MR) is 35.2 cm³/mol. The molecule has 0 fully saturated rings. The van der Waals surface area contributed by atoms with Crippen LogP contribution in [0.3, 0.4) is 0 Å². The van der Waals surface area contributed by atoms with Gasteiger partial charge < -0.3 is 15.9 Å². The van der Waals surface area contributed by atoms with Crippen molar-refractivity contribution in [2.45, 2.75) is 18.6 Å².